The molecule has 0 saturated carbocycles. The first kappa shape index (κ1) is 13.7. The molecule has 1 unspecified atom stereocenters. The van der Waals surface area contributed by atoms with Crippen LogP contribution in [-0.2, 0) is 4.79 Å². The Bertz CT molecular complexity index is 672. The highest BCUT2D eigenvalue weighted by Crippen LogP contribution is 2.30. The maximum Gasteiger partial charge on any atom is 0.305 e. The number of anilines is 1. The number of nitro benzene ring substituents is 1. The Morgan fingerprint density at radius 2 is 2.25 bits per heavy atom. The van der Waals surface area contributed by atoms with E-state index in [9.17, 15) is 14.9 Å². The van der Waals surface area contributed by atoms with E-state index >= 15 is 0 Å². The van der Waals surface area contributed by atoms with Gasteiger partial charge in [0.15, 0.2) is 0 Å². The highest BCUT2D eigenvalue weighted by molar-refractivity contribution is 5.96. The molecular weight excluding hydrogens is 262 g/mol. The van der Waals surface area contributed by atoms with Gasteiger partial charge in [-0.2, -0.15) is 0 Å². The lowest BCUT2D eigenvalue weighted by atomic mass is 10.1. The molecule has 1 atom stereocenters. The maximum atomic E-state index is 11.0. The van der Waals surface area contributed by atoms with Gasteiger partial charge in [0.2, 0.25) is 0 Å². The Morgan fingerprint density at radius 1 is 1.50 bits per heavy atom. The minimum atomic E-state index is -0.913. The molecule has 7 nitrogen and oxygen atoms in total. The lowest BCUT2D eigenvalue weighted by Gasteiger charge is -2.14. The van der Waals surface area contributed by atoms with E-state index in [1.54, 1.807) is 31.3 Å². The van der Waals surface area contributed by atoms with Gasteiger partial charge in [-0.1, -0.05) is 0 Å². The average molecular weight is 275 g/mol. The third kappa shape index (κ3) is 2.82. The number of nitrogens with zero attached hydrogens (tertiary/aromatic N) is 2. The van der Waals surface area contributed by atoms with Gasteiger partial charge in [-0.3, -0.25) is 19.9 Å². The van der Waals surface area contributed by atoms with E-state index in [0.29, 0.717) is 16.6 Å². The molecule has 0 aliphatic carbocycles. The van der Waals surface area contributed by atoms with Crippen molar-refractivity contribution in [2.75, 3.05) is 5.32 Å². The Morgan fingerprint density at radius 3 is 2.90 bits per heavy atom. The number of hydrogen-bond acceptors (Lipinski definition) is 5. The van der Waals surface area contributed by atoms with Crippen LogP contribution in [0.15, 0.2) is 30.5 Å². The van der Waals surface area contributed by atoms with Gasteiger partial charge in [-0.25, -0.2) is 0 Å². The molecular formula is C13H13N3O4. The van der Waals surface area contributed by atoms with E-state index in [4.69, 9.17) is 5.11 Å². The molecule has 20 heavy (non-hydrogen) atoms. The number of nitrogens with one attached hydrogen (secondary N) is 1. The third-order valence-electron chi connectivity index (χ3n) is 2.83. The van der Waals surface area contributed by atoms with Crippen molar-refractivity contribution >= 4 is 28.2 Å². The zero-order valence-corrected chi connectivity index (χ0v) is 10.7. The largest absolute Gasteiger partial charge is 0.481 e. The van der Waals surface area contributed by atoms with E-state index < -0.39 is 10.9 Å². The fourth-order valence-corrected chi connectivity index (χ4v) is 2.01. The molecule has 2 rings (SSSR count). The molecule has 0 spiro atoms. The van der Waals surface area contributed by atoms with Crippen LogP contribution in [0, 0.1) is 10.1 Å². The van der Waals surface area contributed by atoms with Gasteiger partial charge >= 0.3 is 5.97 Å². The van der Waals surface area contributed by atoms with Crippen molar-refractivity contribution in [3.63, 3.8) is 0 Å². The van der Waals surface area contributed by atoms with Crippen molar-refractivity contribution in [1.82, 2.24) is 4.98 Å². The minimum Gasteiger partial charge on any atom is -0.481 e. The molecule has 0 aliphatic heterocycles. The molecule has 2 aromatic rings. The normalized spacial score (nSPS) is 12.1. The van der Waals surface area contributed by atoms with Crippen LogP contribution in [0.4, 0.5) is 11.4 Å². The van der Waals surface area contributed by atoms with E-state index in [2.05, 4.69) is 10.3 Å². The molecule has 104 valence electrons. The average Bonchev–Trinajstić information content (AvgIpc) is 2.37. The molecule has 0 amide bonds. The smallest absolute Gasteiger partial charge is 0.305 e. The standard InChI is InChI=1S/C13H13N3O4/c1-8(7-12(17)18)15-10-4-5-11(16(19)20)9-3-2-6-14-13(9)10/h2-6,8,15H,7H2,1H3,(H,17,18). The van der Waals surface area contributed by atoms with E-state index in [1.165, 1.54) is 6.07 Å². The Kier molecular flexibility index (Phi) is 3.79. The first-order valence-electron chi connectivity index (χ1n) is 5.99. The highest BCUT2D eigenvalue weighted by Gasteiger charge is 2.16. The van der Waals surface area contributed by atoms with Crippen LogP contribution < -0.4 is 5.32 Å². The number of carboxylic acid groups (broad SMARTS) is 1. The van der Waals surface area contributed by atoms with Crippen LogP contribution >= 0.6 is 0 Å². The summed E-state index contributed by atoms with van der Waals surface area (Å²) in [6, 6.07) is 5.87. The van der Waals surface area contributed by atoms with E-state index in [0.717, 1.165) is 0 Å². The lowest BCUT2D eigenvalue weighted by Crippen LogP contribution is -2.19. The second-order valence-corrected chi connectivity index (χ2v) is 4.43. The molecule has 0 radical (unpaired) electrons. The highest BCUT2D eigenvalue weighted by atomic mass is 16.6. The van der Waals surface area contributed by atoms with Crippen LogP contribution in [0.25, 0.3) is 10.9 Å². The van der Waals surface area contributed by atoms with Crippen molar-refractivity contribution in [3.05, 3.63) is 40.6 Å². The monoisotopic (exact) mass is 275 g/mol. The first-order chi connectivity index (χ1) is 9.49. The fourth-order valence-electron chi connectivity index (χ4n) is 2.01. The number of benzene rings is 1. The number of fused-ring (bicyclic) bond motifs is 1. The number of rotatable bonds is 5. The SMILES string of the molecule is CC(CC(=O)O)Nc1ccc([N+](=O)[O-])c2cccnc12. The summed E-state index contributed by atoms with van der Waals surface area (Å²) in [5.41, 5.74) is 1.02. The Hall–Kier alpha value is -2.70. The topological polar surface area (TPSA) is 105 Å². The lowest BCUT2D eigenvalue weighted by molar-refractivity contribution is -0.383. The van der Waals surface area contributed by atoms with Gasteiger partial charge in [-0.15, -0.1) is 0 Å². The number of carbonyl (C=O) groups is 1. The van der Waals surface area contributed by atoms with Crippen LogP contribution in [-0.4, -0.2) is 27.0 Å². The fraction of sp³-hybridized carbons (Fsp3) is 0.231. The number of hydrogen-bond donors (Lipinski definition) is 2. The summed E-state index contributed by atoms with van der Waals surface area (Å²) in [4.78, 5) is 25.3. The number of nitro groups is 1. The molecule has 1 aromatic heterocycles. The minimum absolute atomic E-state index is 0.0236. The van der Waals surface area contributed by atoms with Crippen molar-refractivity contribution in [2.24, 2.45) is 0 Å². The molecule has 0 fully saturated rings. The van der Waals surface area contributed by atoms with Gasteiger partial charge in [0, 0.05) is 18.3 Å². The molecule has 0 bridgehead atoms. The molecule has 2 N–H and O–H groups in total. The van der Waals surface area contributed by atoms with E-state index in [1.807, 2.05) is 0 Å². The van der Waals surface area contributed by atoms with Gasteiger partial charge in [0.1, 0.15) is 5.52 Å². The predicted molar refractivity (Wildman–Crippen MR) is 73.7 cm³/mol. The van der Waals surface area contributed by atoms with Crippen LogP contribution in [0.1, 0.15) is 13.3 Å². The van der Waals surface area contributed by atoms with E-state index in [-0.39, 0.29) is 18.2 Å². The molecule has 1 heterocycles. The summed E-state index contributed by atoms with van der Waals surface area (Å²) in [6.07, 6.45) is 1.49. The number of aromatic nitrogens is 1. The van der Waals surface area contributed by atoms with Crippen molar-refractivity contribution < 1.29 is 14.8 Å². The van der Waals surface area contributed by atoms with Gasteiger partial charge in [0.25, 0.3) is 5.69 Å². The van der Waals surface area contributed by atoms with Crippen molar-refractivity contribution in [1.29, 1.82) is 0 Å². The zero-order chi connectivity index (χ0) is 14.7. The summed E-state index contributed by atoms with van der Waals surface area (Å²) in [6.45, 7) is 1.73. The van der Waals surface area contributed by atoms with Crippen LogP contribution in [0.5, 0.6) is 0 Å². The predicted octanol–water partition coefficient (Wildman–Crippen LogP) is 2.42. The molecule has 1 aromatic carbocycles. The summed E-state index contributed by atoms with van der Waals surface area (Å²) < 4.78 is 0. The number of aliphatic carboxylic acids is 1. The summed E-state index contributed by atoms with van der Waals surface area (Å²) in [5, 5.41) is 23.2. The van der Waals surface area contributed by atoms with Gasteiger partial charge < -0.3 is 10.4 Å². The van der Waals surface area contributed by atoms with Crippen LogP contribution in [0.3, 0.4) is 0 Å². The van der Waals surface area contributed by atoms with Crippen molar-refractivity contribution in [3.8, 4) is 0 Å². The molecule has 0 aliphatic rings. The third-order valence-corrected chi connectivity index (χ3v) is 2.83. The number of non-ortho nitro benzene ring substituents is 1. The zero-order valence-electron chi connectivity index (χ0n) is 10.7. The molecule has 7 heteroatoms. The maximum absolute atomic E-state index is 11.0. The van der Waals surface area contributed by atoms with Crippen LogP contribution in [0.2, 0.25) is 0 Å². The summed E-state index contributed by atoms with van der Waals surface area (Å²) in [5.74, 6) is -0.913. The van der Waals surface area contributed by atoms with Gasteiger partial charge in [-0.05, 0) is 25.1 Å². The first-order valence-corrected chi connectivity index (χ1v) is 5.99. The van der Waals surface area contributed by atoms with Gasteiger partial charge in [0.05, 0.1) is 22.4 Å². The molecule has 0 saturated heterocycles. The Labute approximate surface area is 114 Å². The number of carboxylic acids is 1. The number of pyridine rings is 1. The Balaban J connectivity index is 2.43. The second-order valence-electron chi connectivity index (χ2n) is 4.43. The quantitative estimate of drug-likeness (QED) is 0.641. The summed E-state index contributed by atoms with van der Waals surface area (Å²) in [7, 11) is 0. The summed E-state index contributed by atoms with van der Waals surface area (Å²) >= 11 is 0. The second kappa shape index (κ2) is 5.52. The van der Waals surface area contributed by atoms with Crippen molar-refractivity contribution in [2.45, 2.75) is 19.4 Å².